The largest absolute Gasteiger partial charge is 0.469 e. The maximum absolute atomic E-state index is 5.40. The van der Waals surface area contributed by atoms with Gasteiger partial charge in [-0.3, -0.25) is 4.90 Å². The summed E-state index contributed by atoms with van der Waals surface area (Å²) >= 11 is 0. The van der Waals surface area contributed by atoms with Gasteiger partial charge in [0, 0.05) is 25.0 Å². The van der Waals surface area contributed by atoms with Crippen molar-refractivity contribution in [2.24, 2.45) is 0 Å². The van der Waals surface area contributed by atoms with E-state index in [1.165, 1.54) is 19.4 Å². The lowest BCUT2D eigenvalue weighted by molar-refractivity contribution is 0.151. The van der Waals surface area contributed by atoms with Crippen LogP contribution in [0.25, 0.3) is 0 Å². The van der Waals surface area contributed by atoms with Crippen LogP contribution >= 0.6 is 0 Å². The fourth-order valence-corrected chi connectivity index (χ4v) is 2.40. The third-order valence-corrected chi connectivity index (χ3v) is 3.62. The zero-order valence-electron chi connectivity index (χ0n) is 10.3. The van der Waals surface area contributed by atoms with Crippen LogP contribution in [0.4, 0.5) is 0 Å². The first-order chi connectivity index (χ1) is 7.77. The van der Waals surface area contributed by atoms with Crippen LogP contribution in [-0.4, -0.2) is 37.1 Å². The van der Waals surface area contributed by atoms with Crippen molar-refractivity contribution in [3.05, 3.63) is 24.2 Å². The molecule has 0 spiro atoms. The summed E-state index contributed by atoms with van der Waals surface area (Å²) in [5.41, 5.74) is 0. The minimum Gasteiger partial charge on any atom is -0.469 e. The summed E-state index contributed by atoms with van der Waals surface area (Å²) in [6.45, 7) is 4.58. The Morgan fingerprint density at radius 1 is 1.62 bits per heavy atom. The number of hydrogen-bond donors (Lipinski definition) is 1. The standard InChI is InChI=1S/C13H22N2O/c1-11(9-13-6-4-8-16-13)15(2)12-5-3-7-14-10-12/h4,6,8,11-12,14H,3,5,7,9-10H2,1-2H3. The van der Waals surface area contributed by atoms with Gasteiger partial charge in [0.25, 0.3) is 0 Å². The number of piperidine rings is 1. The van der Waals surface area contributed by atoms with Gasteiger partial charge in [0.15, 0.2) is 0 Å². The van der Waals surface area contributed by atoms with E-state index < -0.39 is 0 Å². The fraction of sp³-hybridized carbons (Fsp3) is 0.692. The van der Waals surface area contributed by atoms with Crippen molar-refractivity contribution in [3.8, 4) is 0 Å². The predicted octanol–water partition coefficient (Wildman–Crippen LogP) is 1.89. The number of nitrogens with one attached hydrogen (secondary N) is 1. The van der Waals surface area contributed by atoms with E-state index in [4.69, 9.17) is 4.42 Å². The van der Waals surface area contributed by atoms with E-state index in [9.17, 15) is 0 Å². The van der Waals surface area contributed by atoms with Crippen molar-refractivity contribution in [1.29, 1.82) is 0 Å². The van der Waals surface area contributed by atoms with Crippen molar-refractivity contribution >= 4 is 0 Å². The number of rotatable bonds is 4. The minimum absolute atomic E-state index is 0.538. The van der Waals surface area contributed by atoms with Gasteiger partial charge in [-0.1, -0.05) is 0 Å². The lowest BCUT2D eigenvalue weighted by Crippen LogP contribution is -2.48. The van der Waals surface area contributed by atoms with Gasteiger partial charge in [0.1, 0.15) is 5.76 Å². The number of furan rings is 1. The molecular formula is C13H22N2O. The molecule has 0 aromatic carbocycles. The molecule has 2 atom stereocenters. The van der Waals surface area contributed by atoms with Crippen LogP contribution in [0.3, 0.4) is 0 Å². The summed E-state index contributed by atoms with van der Waals surface area (Å²) < 4.78 is 5.40. The summed E-state index contributed by atoms with van der Waals surface area (Å²) in [6, 6.07) is 5.24. The number of hydrogen-bond acceptors (Lipinski definition) is 3. The Balaban J connectivity index is 1.85. The molecule has 1 aliphatic heterocycles. The average molecular weight is 222 g/mol. The molecule has 1 aromatic heterocycles. The van der Waals surface area contributed by atoms with Crippen LogP contribution < -0.4 is 5.32 Å². The lowest BCUT2D eigenvalue weighted by atomic mass is 10.0. The second kappa shape index (κ2) is 5.51. The normalized spacial score (nSPS) is 23.6. The molecule has 1 aliphatic rings. The maximum Gasteiger partial charge on any atom is 0.105 e. The Hall–Kier alpha value is -0.800. The highest BCUT2D eigenvalue weighted by Gasteiger charge is 2.22. The molecule has 2 rings (SSSR count). The molecule has 2 heterocycles. The van der Waals surface area contributed by atoms with Crippen molar-refractivity contribution < 1.29 is 4.42 Å². The highest BCUT2D eigenvalue weighted by molar-refractivity contribution is 5.00. The van der Waals surface area contributed by atoms with Crippen LogP contribution in [-0.2, 0) is 6.42 Å². The zero-order chi connectivity index (χ0) is 11.4. The summed E-state index contributed by atoms with van der Waals surface area (Å²) in [5, 5.41) is 3.46. The Bertz CT molecular complexity index is 291. The first kappa shape index (κ1) is 11.7. The van der Waals surface area contributed by atoms with E-state index in [0.717, 1.165) is 18.7 Å². The molecule has 1 aromatic rings. The first-order valence-corrected chi connectivity index (χ1v) is 6.22. The molecule has 0 radical (unpaired) electrons. The van der Waals surface area contributed by atoms with Gasteiger partial charge in [-0.25, -0.2) is 0 Å². The van der Waals surface area contributed by atoms with E-state index in [2.05, 4.69) is 30.3 Å². The highest BCUT2D eigenvalue weighted by atomic mass is 16.3. The van der Waals surface area contributed by atoms with E-state index in [1.807, 2.05) is 6.07 Å². The second-order valence-electron chi connectivity index (χ2n) is 4.80. The topological polar surface area (TPSA) is 28.4 Å². The molecule has 90 valence electrons. The smallest absolute Gasteiger partial charge is 0.105 e. The number of likely N-dealkylation sites (N-methyl/N-ethyl adjacent to an activating group) is 1. The minimum atomic E-state index is 0.538. The molecule has 1 saturated heterocycles. The third-order valence-electron chi connectivity index (χ3n) is 3.62. The summed E-state index contributed by atoms with van der Waals surface area (Å²) in [6.07, 6.45) is 5.36. The van der Waals surface area contributed by atoms with Gasteiger partial charge in [-0.05, 0) is 45.5 Å². The Morgan fingerprint density at radius 3 is 3.12 bits per heavy atom. The number of nitrogens with zero attached hydrogens (tertiary/aromatic N) is 1. The van der Waals surface area contributed by atoms with E-state index >= 15 is 0 Å². The van der Waals surface area contributed by atoms with Crippen LogP contribution in [0.1, 0.15) is 25.5 Å². The molecule has 0 amide bonds. The SMILES string of the molecule is CC(Cc1ccco1)N(C)C1CCCNC1. The summed E-state index contributed by atoms with van der Waals surface area (Å²) in [5.74, 6) is 1.09. The quantitative estimate of drug-likeness (QED) is 0.843. The van der Waals surface area contributed by atoms with Crippen molar-refractivity contribution in [2.45, 2.75) is 38.3 Å². The average Bonchev–Trinajstić information content (AvgIpc) is 2.82. The van der Waals surface area contributed by atoms with Crippen LogP contribution in [0.5, 0.6) is 0 Å². The van der Waals surface area contributed by atoms with Gasteiger partial charge in [0.2, 0.25) is 0 Å². The van der Waals surface area contributed by atoms with Gasteiger partial charge in [0.05, 0.1) is 6.26 Å². The van der Waals surface area contributed by atoms with Crippen molar-refractivity contribution in [2.75, 3.05) is 20.1 Å². The van der Waals surface area contributed by atoms with E-state index in [-0.39, 0.29) is 0 Å². The van der Waals surface area contributed by atoms with Crippen molar-refractivity contribution in [3.63, 3.8) is 0 Å². The van der Waals surface area contributed by atoms with Gasteiger partial charge >= 0.3 is 0 Å². The van der Waals surface area contributed by atoms with Gasteiger partial charge in [-0.15, -0.1) is 0 Å². The van der Waals surface area contributed by atoms with Crippen LogP contribution in [0, 0.1) is 0 Å². The zero-order valence-corrected chi connectivity index (χ0v) is 10.3. The molecule has 0 bridgehead atoms. The fourth-order valence-electron chi connectivity index (χ4n) is 2.40. The molecule has 3 heteroatoms. The first-order valence-electron chi connectivity index (χ1n) is 6.22. The molecule has 3 nitrogen and oxygen atoms in total. The lowest BCUT2D eigenvalue weighted by Gasteiger charge is -2.35. The Kier molecular flexibility index (Phi) is 4.02. The maximum atomic E-state index is 5.40. The molecule has 2 unspecified atom stereocenters. The third kappa shape index (κ3) is 2.86. The molecule has 16 heavy (non-hydrogen) atoms. The predicted molar refractivity (Wildman–Crippen MR) is 65.5 cm³/mol. The van der Waals surface area contributed by atoms with Crippen LogP contribution in [0.2, 0.25) is 0 Å². The molecule has 1 fully saturated rings. The van der Waals surface area contributed by atoms with Crippen molar-refractivity contribution in [1.82, 2.24) is 10.2 Å². The Labute approximate surface area is 97.8 Å². The summed E-state index contributed by atoms with van der Waals surface area (Å²) in [4.78, 5) is 2.48. The molecule has 0 aliphatic carbocycles. The monoisotopic (exact) mass is 222 g/mol. The van der Waals surface area contributed by atoms with Crippen LogP contribution in [0.15, 0.2) is 22.8 Å². The van der Waals surface area contributed by atoms with E-state index in [0.29, 0.717) is 12.1 Å². The summed E-state index contributed by atoms with van der Waals surface area (Å²) in [7, 11) is 2.23. The van der Waals surface area contributed by atoms with E-state index in [1.54, 1.807) is 6.26 Å². The molecule has 1 N–H and O–H groups in total. The van der Waals surface area contributed by atoms with Gasteiger partial charge < -0.3 is 9.73 Å². The second-order valence-corrected chi connectivity index (χ2v) is 4.80. The molecule has 0 saturated carbocycles. The Morgan fingerprint density at radius 2 is 2.50 bits per heavy atom. The van der Waals surface area contributed by atoms with Gasteiger partial charge in [-0.2, -0.15) is 0 Å². The molecular weight excluding hydrogens is 200 g/mol. The highest BCUT2D eigenvalue weighted by Crippen LogP contribution is 2.14.